The summed E-state index contributed by atoms with van der Waals surface area (Å²) in [5, 5.41) is 4.94. The summed E-state index contributed by atoms with van der Waals surface area (Å²) in [6.07, 6.45) is 1.54. The van der Waals surface area contributed by atoms with E-state index in [0.29, 0.717) is 16.3 Å². The number of aromatic nitrogens is 2. The lowest BCUT2D eigenvalue weighted by atomic mass is 10.2. The molecule has 0 fully saturated rings. The van der Waals surface area contributed by atoms with Crippen LogP contribution in [0.3, 0.4) is 0 Å². The molecular weight excluding hydrogens is 322 g/mol. The van der Waals surface area contributed by atoms with Gasteiger partial charge in [-0.3, -0.25) is 14.3 Å². The number of nitrogens with one attached hydrogen (secondary N) is 1. The minimum Gasteiger partial charge on any atom is -0.269 e. The Hall–Kier alpha value is -1.76. The van der Waals surface area contributed by atoms with Crippen LogP contribution in [-0.4, -0.2) is 22.3 Å². The van der Waals surface area contributed by atoms with Gasteiger partial charge >= 0.3 is 0 Å². The number of carbonyl (C=O) groups excluding carboxylic acids is 1. The summed E-state index contributed by atoms with van der Waals surface area (Å²) in [7, 11) is 1.75. The maximum atomic E-state index is 12.2. The number of carbonyl (C=O) groups is 1. The quantitative estimate of drug-likeness (QED) is 0.365. The van der Waals surface area contributed by atoms with Crippen LogP contribution in [-0.2, 0) is 17.6 Å². The smallest absolute Gasteiger partial charge is 0.269 e. The second-order valence-corrected chi connectivity index (χ2v) is 5.72. The number of nitrogens with zero attached hydrogens (tertiary/aromatic N) is 2. The molecule has 7 heteroatoms. The van der Waals surface area contributed by atoms with E-state index in [1.54, 1.807) is 11.7 Å². The Bertz CT molecular complexity index is 658. The summed E-state index contributed by atoms with van der Waals surface area (Å²) in [5.74, 6) is 0.292. The molecule has 0 radical (unpaired) electrons. The van der Waals surface area contributed by atoms with Crippen LogP contribution in [0.2, 0.25) is 5.15 Å². The van der Waals surface area contributed by atoms with Crippen molar-refractivity contribution in [2.24, 2.45) is 7.05 Å². The molecule has 116 valence electrons. The zero-order valence-electron chi connectivity index (χ0n) is 12.1. The molecule has 2 aromatic rings. The maximum absolute atomic E-state index is 12.2. The molecular formula is C15H16ClN3O2S. The van der Waals surface area contributed by atoms with Crippen molar-refractivity contribution in [1.82, 2.24) is 15.3 Å². The van der Waals surface area contributed by atoms with E-state index >= 15 is 0 Å². The number of hydrogen-bond donors (Lipinski definition) is 1. The van der Waals surface area contributed by atoms with E-state index in [2.05, 4.69) is 17.2 Å². The summed E-state index contributed by atoms with van der Waals surface area (Å²) in [5.41, 5.74) is 3.80. The van der Waals surface area contributed by atoms with Crippen LogP contribution in [0.4, 0.5) is 0 Å². The van der Waals surface area contributed by atoms with Gasteiger partial charge in [-0.25, -0.2) is 5.48 Å². The molecule has 0 saturated heterocycles. The molecule has 1 aromatic carbocycles. The van der Waals surface area contributed by atoms with Crippen molar-refractivity contribution < 1.29 is 9.63 Å². The number of thioether (sulfide) groups is 1. The predicted octanol–water partition coefficient (Wildman–Crippen LogP) is 3.21. The Balaban J connectivity index is 2.13. The summed E-state index contributed by atoms with van der Waals surface area (Å²) in [4.78, 5) is 17.1. The van der Waals surface area contributed by atoms with Crippen molar-refractivity contribution >= 4 is 29.3 Å². The van der Waals surface area contributed by atoms with Gasteiger partial charge in [0.2, 0.25) is 0 Å². The molecule has 0 aliphatic rings. The van der Waals surface area contributed by atoms with E-state index in [-0.39, 0.29) is 11.8 Å². The Morgan fingerprint density at radius 1 is 1.50 bits per heavy atom. The molecule has 5 nitrogen and oxygen atoms in total. The largest absolute Gasteiger partial charge is 0.280 e. The van der Waals surface area contributed by atoms with Crippen molar-refractivity contribution in [3.05, 3.63) is 59.3 Å². The molecule has 2 rings (SSSR count). The number of aryl methyl sites for hydroxylation is 1. The van der Waals surface area contributed by atoms with Gasteiger partial charge in [0, 0.05) is 12.8 Å². The number of benzene rings is 1. The van der Waals surface area contributed by atoms with Gasteiger partial charge in [0.1, 0.15) is 10.6 Å². The first-order valence-electron chi connectivity index (χ1n) is 6.55. The highest BCUT2D eigenvalue weighted by molar-refractivity contribution is 7.98. The van der Waals surface area contributed by atoms with E-state index in [1.165, 1.54) is 17.8 Å². The molecule has 0 saturated carbocycles. The topological polar surface area (TPSA) is 56.1 Å². The van der Waals surface area contributed by atoms with Gasteiger partial charge in [0.25, 0.3) is 5.91 Å². The average molecular weight is 338 g/mol. The van der Waals surface area contributed by atoms with Crippen molar-refractivity contribution in [2.45, 2.75) is 10.8 Å². The fourth-order valence-electron chi connectivity index (χ4n) is 1.78. The van der Waals surface area contributed by atoms with Gasteiger partial charge in [-0.15, -0.1) is 18.3 Å². The number of halogens is 1. The van der Waals surface area contributed by atoms with Gasteiger partial charge in [-0.05, 0) is 5.56 Å². The van der Waals surface area contributed by atoms with Gasteiger partial charge < -0.3 is 0 Å². The summed E-state index contributed by atoms with van der Waals surface area (Å²) in [6.45, 7) is 3.73. The zero-order chi connectivity index (χ0) is 15.9. The third kappa shape index (κ3) is 4.13. The van der Waals surface area contributed by atoms with Gasteiger partial charge in [-0.2, -0.15) is 5.10 Å². The van der Waals surface area contributed by atoms with E-state index in [9.17, 15) is 4.79 Å². The second kappa shape index (κ2) is 8.03. The third-order valence-corrected chi connectivity index (χ3v) is 4.25. The van der Waals surface area contributed by atoms with Crippen LogP contribution in [0.5, 0.6) is 0 Å². The minimum absolute atomic E-state index is 0.151. The average Bonchev–Trinajstić information content (AvgIpc) is 2.80. The summed E-state index contributed by atoms with van der Waals surface area (Å²) in [6, 6.07) is 9.96. The number of rotatable bonds is 7. The van der Waals surface area contributed by atoms with Crippen LogP contribution < -0.4 is 5.48 Å². The van der Waals surface area contributed by atoms with Crippen molar-refractivity contribution in [1.29, 1.82) is 0 Å². The van der Waals surface area contributed by atoms with Crippen LogP contribution in [0.1, 0.15) is 15.9 Å². The van der Waals surface area contributed by atoms with Gasteiger partial charge in [-0.1, -0.05) is 48.0 Å². The molecule has 0 atom stereocenters. The first-order chi connectivity index (χ1) is 10.6. The SMILES string of the molecule is C=CCONC(=O)c1c(Cl)nn(C)c1SCc1ccccc1. The highest BCUT2D eigenvalue weighted by Gasteiger charge is 2.22. The summed E-state index contributed by atoms with van der Waals surface area (Å²) < 4.78 is 1.60. The number of amides is 1. The second-order valence-electron chi connectivity index (χ2n) is 4.40. The molecule has 1 amide bonds. The number of hydrogen-bond acceptors (Lipinski definition) is 4. The predicted molar refractivity (Wildman–Crippen MR) is 87.8 cm³/mol. The van der Waals surface area contributed by atoms with Crippen molar-refractivity contribution in [2.75, 3.05) is 6.61 Å². The van der Waals surface area contributed by atoms with E-state index in [4.69, 9.17) is 16.4 Å². The molecule has 22 heavy (non-hydrogen) atoms. The normalized spacial score (nSPS) is 10.5. The fraction of sp³-hybridized carbons (Fsp3) is 0.200. The lowest BCUT2D eigenvalue weighted by molar-refractivity contribution is 0.0418. The van der Waals surface area contributed by atoms with E-state index < -0.39 is 5.91 Å². The highest BCUT2D eigenvalue weighted by atomic mass is 35.5. The Morgan fingerprint density at radius 3 is 2.91 bits per heavy atom. The standard InChI is InChI=1S/C15H16ClN3O2S/c1-3-9-21-18-14(20)12-13(16)17-19(2)15(12)22-10-11-7-5-4-6-8-11/h3-8H,1,9-10H2,2H3,(H,18,20). The maximum Gasteiger partial charge on any atom is 0.280 e. The highest BCUT2D eigenvalue weighted by Crippen LogP contribution is 2.30. The van der Waals surface area contributed by atoms with Crippen molar-refractivity contribution in [3.8, 4) is 0 Å². The van der Waals surface area contributed by atoms with E-state index in [0.717, 1.165) is 5.56 Å². The minimum atomic E-state index is -0.421. The third-order valence-electron chi connectivity index (χ3n) is 2.76. The van der Waals surface area contributed by atoms with E-state index in [1.807, 2.05) is 30.3 Å². The lowest BCUT2D eigenvalue weighted by Crippen LogP contribution is -2.24. The van der Waals surface area contributed by atoms with Crippen LogP contribution >= 0.6 is 23.4 Å². The Kier molecular flexibility index (Phi) is 6.06. The van der Waals surface area contributed by atoms with Gasteiger partial charge in [0.15, 0.2) is 5.15 Å². The molecule has 0 spiro atoms. The monoisotopic (exact) mass is 337 g/mol. The van der Waals surface area contributed by atoms with Gasteiger partial charge in [0.05, 0.1) is 6.61 Å². The Morgan fingerprint density at radius 2 is 2.23 bits per heavy atom. The fourth-order valence-corrected chi connectivity index (χ4v) is 3.18. The number of hydroxylamine groups is 1. The molecule has 0 unspecified atom stereocenters. The molecule has 0 aliphatic carbocycles. The first kappa shape index (κ1) is 16.6. The van der Waals surface area contributed by atoms with Crippen LogP contribution in [0.15, 0.2) is 48.0 Å². The van der Waals surface area contributed by atoms with Crippen LogP contribution in [0, 0.1) is 0 Å². The zero-order valence-corrected chi connectivity index (χ0v) is 13.7. The molecule has 1 aromatic heterocycles. The molecule has 0 bridgehead atoms. The van der Waals surface area contributed by atoms with Crippen molar-refractivity contribution in [3.63, 3.8) is 0 Å². The molecule has 1 heterocycles. The molecule has 0 aliphatic heterocycles. The first-order valence-corrected chi connectivity index (χ1v) is 7.92. The summed E-state index contributed by atoms with van der Waals surface area (Å²) >= 11 is 7.55. The van der Waals surface area contributed by atoms with Crippen LogP contribution in [0.25, 0.3) is 0 Å². The molecule has 1 N–H and O–H groups in total. The Labute approximate surface area is 138 Å². The lowest BCUT2D eigenvalue weighted by Gasteiger charge is -2.07.